The minimum Gasteiger partial charge on any atom is -0.457 e. The monoisotopic (exact) mass is 1090 g/mol. The zero-order valence-electron chi connectivity index (χ0n) is 42.4. The molecule has 0 bridgehead atoms. The zero-order valence-corrected chi connectivity index (χ0v) is 43.2. The molecule has 2 amide bonds. The van der Waals surface area contributed by atoms with Crippen molar-refractivity contribution in [3.63, 3.8) is 0 Å². The fourth-order valence-electron chi connectivity index (χ4n) is 6.95. The molecule has 77 heavy (non-hydrogen) atoms. The molecule has 0 aliphatic heterocycles. The van der Waals surface area contributed by atoms with Crippen molar-refractivity contribution in [2.45, 2.75) is 40.0 Å². The van der Waals surface area contributed by atoms with Crippen LogP contribution in [-0.2, 0) is 29.0 Å². The van der Waals surface area contributed by atoms with Gasteiger partial charge in [-0.25, -0.2) is 23.7 Å². The molecule has 25 heteroatoms. The molecule has 0 aliphatic rings. The molecule has 0 saturated carbocycles. The molecule has 3 heterocycles. The van der Waals surface area contributed by atoms with Crippen molar-refractivity contribution in [3.8, 4) is 23.0 Å². The van der Waals surface area contributed by atoms with Crippen molar-refractivity contribution in [1.29, 1.82) is 0 Å². The summed E-state index contributed by atoms with van der Waals surface area (Å²) in [4.78, 5) is 44.2. The number of aliphatic imine (C=N–C) groups is 1. The zero-order chi connectivity index (χ0) is 56.5. The summed E-state index contributed by atoms with van der Waals surface area (Å²) in [6.07, 6.45) is -6.02. The molecular formula is C52H54F8N12O4S. The molecule has 408 valence electrons. The number of alkyl halides is 6. The first kappa shape index (κ1) is 59.6. The van der Waals surface area contributed by atoms with Crippen LogP contribution in [0.15, 0.2) is 114 Å². The number of isothiocyanates is 1. The number of benzene rings is 4. The standard InChI is InChI=1S/C26H26F4N6O2.C18H25N5O2.C8H3F4NS/c1-4-36(5-2)15-24(37)34-23-14-18(10-11-31-23)38-17-7-9-22-21(13-17)33-25(35(22)3)32-20-12-16(26(28,29)30)6-8-19(20)27;1-4-23(5-2)12-18(24)22-17-11-14(8-9-21-17)25-13-6-7-16(20-3)15(19)10-13;9-6-2-1-5(8(10,11)12)3-7(6)13-4-14/h6-14H,4-5,15H2,1-3H3,(H,32,33)(H,31,34,37);6-11,20H,4-5,12,19H2,1-3H3,(H,21,22,24);1-3H. The molecule has 0 spiro atoms. The van der Waals surface area contributed by atoms with Crippen LogP contribution in [0.5, 0.6) is 23.0 Å². The summed E-state index contributed by atoms with van der Waals surface area (Å²) in [6, 6.07) is 21.1. The number of hydrogen-bond acceptors (Lipinski definition) is 14. The third-order valence-corrected chi connectivity index (χ3v) is 11.2. The summed E-state index contributed by atoms with van der Waals surface area (Å²) in [7, 11) is 3.46. The van der Waals surface area contributed by atoms with Gasteiger partial charge >= 0.3 is 12.4 Å². The van der Waals surface area contributed by atoms with Crippen LogP contribution in [0.2, 0.25) is 0 Å². The highest BCUT2D eigenvalue weighted by Gasteiger charge is 2.32. The number of ether oxygens (including phenoxy) is 2. The highest BCUT2D eigenvalue weighted by atomic mass is 32.1. The SMILES string of the molecule is CCN(CC)CC(=O)Nc1cc(Oc2ccc(NC)c(N)c2)ccn1.CCN(CC)CC(=O)Nc1cc(Oc2ccc3c(c2)nc(Nc2cc(C(F)(F)F)ccc2F)n3C)ccn1.Fc1ccc(C(F)(F)F)cc1N=C=S. The van der Waals surface area contributed by atoms with Crippen LogP contribution in [0.25, 0.3) is 11.0 Å². The van der Waals surface area contributed by atoms with Gasteiger partial charge in [-0.05, 0) is 111 Å². The number of pyridine rings is 2. The van der Waals surface area contributed by atoms with Gasteiger partial charge in [0.25, 0.3) is 0 Å². The molecule has 4 aromatic carbocycles. The Morgan fingerprint density at radius 3 is 1.66 bits per heavy atom. The molecule has 0 atom stereocenters. The molecule has 0 radical (unpaired) electrons. The van der Waals surface area contributed by atoms with Gasteiger partial charge in [0.2, 0.25) is 17.8 Å². The number of hydrogen-bond donors (Lipinski definition) is 5. The minimum absolute atomic E-state index is 0.101. The van der Waals surface area contributed by atoms with Crippen molar-refractivity contribution in [3.05, 3.63) is 132 Å². The van der Waals surface area contributed by atoms with Gasteiger partial charge in [0.05, 0.1) is 57.5 Å². The van der Waals surface area contributed by atoms with E-state index in [0.717, 1.165) is 37.9 Å². The van der Waals surface area contributed by atoms with Crippen LogP contribution in [0.3, 0.4) is 0 Å². The lowest BCUT2D eigenvalue weighted by Gasteiger charge is -2.17. The van der Waals surface area contributed by atoms with Gasteiger partial charge in [0, 0.05) is 50.8 Å². The van der Waals surface area contributed by atoms with E-state index in [-0.39, 0.29) is 30.0 Å². The van der Waals surface area contributed by atoms with Gasteiger partial charge < -0.3 is 41.0 Å². The quantitative estimate of drug-likeness (QED) is 0.0236. The van der Waals surface area contributed by atoms with Gasteiger partial charge in [-0.3, -0.25) is 19.4 Å². The number of nitrogen functional groups attached to an aromatic ring is 1. The summed E-state index contributed by atoms with van der Waals surface area (Å²) >= 11 is 4.17. The number of fused-ring (bicyclic) bond motifs is 1. The highest BCUT2D eigenvalue weighted by molar-refractivity contribution is 7.78. The fraction of sp³-hybridized carbons (Fsp3) is 0.269. The number of imidazole rings is 1. The lowest BCUT2D eigenvalue weighted by atomic mass is 10.2. The maximum Gasteiger partial charge on any atom is 0.416 e. The molecular weight excluding hydrogens is 1040 g/mol. The Morgan fingerprint density at radius 2 is 1.17 bits per heavy atom. The Bertz CT molecular complexity index is 3180. The molecule has 3 aromatic heterocycles. The predicted molar refractivity (Wildman–Crippen MR) is 283 cm³/mol. The Hall–Kier alpha value is -8.25. The highest BCUT2D eigenvalue weighted by Crippen LogP contribution is 2.35. The molecule has 0 saturated heterocycles. The van der Waals surface area contributed by atoms with Crippen molar-refractivity contribution in [1.82, 2.24) is 29.3 Å². The first-order valence-electron chi connectivity index (χ1n) is 23.5. The van der Waals surface area contributed by atoms with E-state index in [1.807, 2.05) is 56.7 Å². The maximum atomic E-state index is 14.2. The summed E-state index contributed by atoms with van der Waals surface area (Å²) in [6.45, 7) is 11.7. The number of nitrogens with two attached hydrogens (primary N) is 1. The Balaban J connectivity index is 0.000000239. The smallest absolute Gasteiger partial charge is 0.416 e. The van der Waals surface area contributed by atoms with Crippen molar-refractivity contribution in [2.75, 3.05) is 73.3 Å². The molecule has 0 unspecified atom stereocenters. The van der Waals surface area contributed by atoms with Crippen LogP contribution >= 0.6 is 12.2 Å². The van der Waals surface area contributed by atoms with Crippen LogP contribution in [0, 0.1) is 11.6 Å². The number of carbonyl (C=O) groups excluding carboxylic acids is 2. The largest absolute Gasteiger partial charge is 0.457 e. The van der Waals surface area contributed by atoms with Gasteiger partial charge in [-0.2, -0.15) is 31.3 Å². The fourth-order valence-corrected chi connectivity index (χ4v) is 7.05. The average molecular weight is 1100 g/mol. The topological polar surface area (TPSA) is 189 Å². The van der Waals surface area contributed by atoms with E-state index in [1.54, 1.807) is 71.5 Å². The third kappa shape index (κ3) is 17.7. The van der Waals surface area contributed by atoms with Gasteiger partial charge in [-0.15, -0.1) is 0 Å². The van der Waals surface area contributed by atoms with Crippen molar-refractivity contribution >= 4 is 80.6 Å². The molecule has 6 N–H and O–H groups in total. The van der Waals surface area contributed by atoms with E-state index in [2.05, 4.69) is 53.4 Å². The minimum atomic E-state index is -4.61. The molecule has 16 nitrogen and oxygen atoms in total. The molecule has 0 fully saturated rings. The number of carbonyl (C=O) groups is 2. The van der Waals surface area contributed by atoms with Crippen LogP contribution in [0.1, 0.15) is 38.8 Å². The first-order chi connectivity index (χ1) is 36.6. The van der Waals surface area contributed by atoms with E-state index >= 15 is 0 Å². The van der Waals surface area contributed by atoms with E-state index in [4.69, 9.17) is 15.2 Å². The number of amides is 2. The van der Waals surface area contributed by atoms with Gasteiger partial charge in [0.1, 0.15) is 52.0 Å². The van der Waals surface area contributed by atoms with Crippen LogP contribution in [-0.4, -0.2) is 92.6 Å². The van der Waals surface area contributed by atoms with E-state index in [0.29, 0.717) is 88.2 Å². The molecule has 7 rings (SSSR count). The number of halogens is 8. The summed E-state index contributed by atoms with van der Waals surface area (Å²) in [5.74, 6) is 0.994. The number of aryl methyl sites for hydroxylation is 1. The third-order valence-electron chi connectivity index (χ3n) is 11.1. The van der Waals surface area contributed by atoms with Gasteiger partial charge in [-0.1, -0.05) is 27.7 Å². The van der Waals surface area contributed by atoms with Crippen molar-refractivity contribution < 1.29 is 54.2 Å². The van der Waals surface area contributed by atoms with E-state index < -0.39 is 40.8 Å². The predicted octanol–water partition coefficient (Wildman–Crippen LogP) is 12.3. The Labute approximate surface area is 443 Å². The van der Waals surface area contributed by atoms with E-state index in [9.17, 15) is 44.7 Å². The second kappa shape index (κ2) is 27.5. The Kier molecular flexibility index (Phi) is 21.3. The summed E-state index contributed by atoms with van der Waals surface area (Å²) in [5, 5.41) is 13.0. The van der Waals surface area contributed by atoms with Gasteiger partial charge in [0.15, 0.2) is 0 Å². The number of thiocarbonyl (C=S) groups is 1. The number of rotatable bonds is 18. The summed E-state index contributed by atoms with van der Waals surface area (Å²) in [5.41, 5.74) is 5.74. The van der Waals surface area contributed by atoms with E-state index in [1.165, 1.54) is 6.20 Å². The second-order valence-electron chi connectivity index (χ2n) is 16.3. The normalized spacial score (nSPS) is 11.2. The Morgan fingerprint density at radius 1 is 0.675 bits per heavy atom. The second-order valence-corrected chi connectivity index (χ2v) is 16.5. The molecule has 0 aliphatic carbocycles. The first-order valence-corrected chi connectivity index (χ1v) is 23.9. The summed E-state index contributed by atoms with van der Waals surface area (Å²) < 4.78 is 116. The van der Waals surface area contributed by atoms with Crippen LogP contribution < -0.4 is 36.5 Å². The number of nitrogens with one attached hydrogen (secondary N) is 4. The van der Waals surface area contributed by atoms with Crippen molar-refractivity contribution in [2.24, 2.45) is 12.0 Å². The maximum absolute atomic E-state index is 14.2. The lowest BCUT2D eigenvalue weighted by molar-refractivity contribution is -0.138. The number of nitrogens with zero attached hydrogens (tertiary/aromatic N) is 7. The number of anilines is 6. The lowest BCUT2D eigenvalue weighted by Crippen LogP contribution is -2.33. The molecule has 7 aromatic rings. The number of likely N-dealkylation sites (N-methyl/N-ethyl adjacent to an activating group) is 2. The number of aromatic nitrogens is 4. The average Bonchev–Trinajstić information content (AvgIpc) is 3.70. The van der Waals surface area contributed by atoms with Crippen LogP contribution in [0.4, 0.5) is 75.5 Å².